The van der Waals surface area contributed by atoms with Gasteiger partial charge in [0.15, 0.2) is 0 Å². The minimum absolute atomic E-state index is 0.0864. The highest BCUT2D eigenvalue weighted by Gasteiger charge is 2.35. The molecule has 0 radical (unpaired) electrons. The maximum absolute atomic E-state index is 12.3. The molecule has 4 nitrogen and oxygen atoms in total. The zero-order chi connectivity index (χ0) is 18.3. The highest BCUT2D eigenvalue weighted by molar-refractivity contribution is 5.79. The van der Waals surface area contributed by atoms with Gasteiger partial charge >= 0.3 is 0 Å². The average Bonchev–Trinajstić information content (AvgIpc) is 3.05. The molecule has 0 aliphatic heterocycles. The molecule has 4 heteroatoms. The van der Waals surface area contributed by atoms with Gasteiger partial charge in [0.1, 0.15) is 5.54 Å². The molecular weight excluding hydrogens is 310 g/mol. The Morgan fingerprint density at radius 1 is 1.24 bits per heavy atom. The molecular formula is C21H31N3O. The van der Waals surface area contributed by atoms with E-state index in [0.29, 0.717) is 5.92 Å². The number of amides is 1. The fourth-order valence-electron chi connectivity index (χ4n) is 3.68. The van der Waals surface area contributed by atoms with Gasteiger partial charge in [-0.2, -0.15) is 5.26 Å². The quantitative estimate of drug-likeness (QED) is 0.754. The van der Waals surface area contributed by atoms with Crippen molar-refractivity contribution in [3.63, 3.8) is 0 Å². The number of carbonyl (C=O) groups is 1. The number of nitriles is 1. The van der Waals surface area contributed by atoms with E-state index in [-0.39, 0.29) is 18.5 Å². The number of aryl methyl sites for hydroxylation is 1. The van der Waals surface area contributed by atoms with E-state index in [2.05, 4.69) is 61.7 Å². The van der Waals surface area contributed by atoms with Crippen LogP contribution in [0, 0.1) is 17.2 Å². The van der Waals surface area contributed by atoms with Crippen LogP contribution in [0.3, 0.4) is 0 Å². The van der Waals surface area contributed by atoms with E-state index in [1.165, 1.54) is 11.1 Å². The van der Waals surface area contributed by atoms with Gasteiger partial charge in [-0.3, -0.25) is 4.79 Å². The van der Waals surface area contributed by atoms with Gasteiger partial charge in [-0.15, -0.1) is 0 Å². The summed E-state index contributed by atoms with van der Waals surface area (Å²) in [6.45, 7) is 6.73. The summed E-state index contributed by atoms with van der Waals surface area (Å²) < 4.78 is 0. The third kappa shape index (κ3) is 5.31. The van der Waals surface area contributed by atoms with Crippen LogP contribution in [0.5, 0.6) is 0 Å². The topological polar surface area (TPSA) is 64.9 Å². The number of nitrogens with zero attached hydrogens (tertiary/aromatic N) is 1. The van der Waals surface area contributed by atoms with Gasteiger partial charge in [-0.1, -0.05) is 51.5 Å². The second kappa shape index (κ2) is 9.01. The van der Waals surface area contributed by atoms with Crippen LogP contribution in [-0.2, 0) is 11.2 Å². The molecule has 0 saturated heterocycles. The largest absolute Gasteiger partial charge is 0.337 e. The first-order valence-corrected chi connectivity index (χ1v) is 9.54. The van der Waals surface area contributed by atoms with E-state index in [0.717, 1.165) is 38.5 Å². The maximum Gasteiger partial charge on any atom is 0.235 e. The Hall–Kier alpha value is -1.86. The van der Waals surface area contributed by atoms with Gasteiger partial charge in [-0.25, -0.2) is 0 Å². The Morgan fingerprint density at radius 3 is 2.40 bits per heavy atom. The van der Waals surface area contributed by atoms with Gasteiger partial charge < -0.3 is 10.6 Å². The molecule has 136 valence electrons. The molecule has 1 aromatic carbocycles. The summed E-state index contributed by atoms with van der Waals surface area (Å²) in [7, 11) is 0. The van der Waals surface area contributed by atoms with Crippen molar-refractivity contribution in [1.29, 1.82) is 5.26 Å². The predicted molar refractivity (Wildman–Crippen MR) is 101 cm³/mol. The van der Waals surface area contributed by atoms with Crippen LogP contribution < -0.4 is 10.6 Å². The highest BCUT2D eigenvalue weighted by Crippen LogP contribution is 2.29. The van der Waals surface area contributed by atoms with Gasteiger partial charge in [0.25, 0.3) is 0 Å². The smallest absolute Gasteiger partial charge is 0.235 e. The second-order valence-corrected chi connectivity index (χ2v) is 7.54. The normalized spacial score (nSPS) is 17.2. The Morgan fingerprint density at radius 2 is 1.88 bits per heavy atom. The van der Waals surface area contributed by atoms with Crippen LogP contribution in [0.25, 0.3) is 0 Å². The molecule has 0 bridgehead atoms. The van der Waals surface area contributed by atoms with E-state index in [1.807, 2.05) is 0 Å². The lowest BCUT2D eigenvalue weighted by molar-refractivity contribution is -0.121. The molecule has 1 aliphatic rings. The van der Waals surface area contributed by atoms with Crippen LogP contribution in [0.1, 0.15) is 70.0 Å². The number of benzene rings is 1. The van der Waals surface area contributed by atoms with E-state index in [4.69, 9.17) is 0 Å². The molecule has 0 heterocycles. The SMILES string of the molecule is CCCc1ccc([C@@H](NCC(=O)NC2(C#N)CCCC2)C(C)C)cc1. The highest BCUT2D eigenvalue weighted by atomic mass is 16.2. The van der Waals surface area contributed by atoms with Crippen molar-refractivity contribution in [2.45, 2.75) is 70.9 Å². The average molecular weight is 341 g/mol. The van der Waals surface area contributed by atoms with Crippen LogP contribution in [0.2, 0.25) is 0 Å². The molecule has 0 spiro atoms. The summed E-state index contributed by atoms with van der Waals surface area (Å²) in [6, 6.07) is 11.1. The number of hydrogen-bond acceptors (Lipinski definition) is 3. The van der Waals surface area contributed by atoms with Crippen molar-refractivity contribution < 1.29 is 4.79 Å². The number of rotatable bonds is 8. The molecule has 1 amide bonds. The summed E-state index contributed by atoms with van der Waals surface area (Å²) in [5.41, 5.74) is 1.91. The zero-order valence-corrected chi connectivity index (χ0v) is 15.8. The van der Waals surface area contributed by atoms with Gasteiger partial charge in [-0.05, 0) is 49.1 Å². The molecule has 25 heavy (non-hydrogen) atoms. The van der Waals surface area contributed by atoms with Crippen molar-refractivity contribution in [2.24, 2.45) is 5.92 Å². The first kappa shape index (κ1) is 19.5. The lowest BCUT2D eigenvalue weighted by atomic mass is 9.94. The van der Waals surface area contributed by atoms with Crippen molar-refractivity contribution in [3.05, 3.63) is 35.4 Å². The summed E-state index contributed by atoms with van der Waals surface area (Å²) >= 11 is 0. The summed E-state index contributed by atoms with van der Waals surface area (Å²) in [5.74, 6) is 0.290. The molecule has 1 saturated carbocycles. The predicted octanol–water partition coefficient (Wildman–Crippen LogP) is 3.88. The van der Waals surface area contributed by atoms with Crippen LogP contribution in [0.4, 0.5) is 0 Å². The summed E-state index contributed by atoms with van der Waals surface area (Å²) in [5, 5.41) is 15.7. The van der Waals surface area contributed by atoms with Crippen LogP contribution >= 0.6 is 0 Å². The molecule has 1 aliphatic carbocycles. The minimum atomic E-state index is -0.645. The molecule has 0 unspecified atom stereocenters. The number of nitrogens with one attached hydrogen (secondary N) is 2. The summed E-state index contributed by atoms with van der Waals surface area (Å²) in [4.78, 5) is 12.3. The Bertz CT molecular complexity index is 595. The Labute approximate surface area is 152 Å². The first-order valence-electron chi connectivity index (χ1n) is 9.54. The van der Waals surface area contributed by atoms with Gasteiger partial charge in [0.2, 0.25) is 5.91 Å². The fraction of sp³-hybridized carbons (Fsp3) is 0.619. The fourth-order valence-corrected chi connectivity index (χ4v) is 3.68. The Balaban J connectivity index is 1.95. The third-order valence-corrected chi connectivity index (χ3v) is 5.08. The van der Waals surface area contributed by atoms with Crippen molar-refractivity contribution >= 4 is 5.91 Å². The molecule has 2 N–H and O–H groups in total. The molecule has 0 aromatic heterocycles. The van der Waals surface area contributed by atoms with Gasteiger partial charge in [0, 0.05) is 6.04 Å². The van der Waals surface area contributed by atoms with Crippen molar-refractivity contribution in [2.75, 3.05) is 6.54 Å². The molecule has 1 fully saturated rings. The van der Waals surface area contributed by atoms with E-state index < -0.39 is 5.54 Å². The summed E-state index contributed by atoms with van der Waals surface area (Å²) in [6.07, 6.45) is 5.80. The second-order valence-electron chi connectivity index (χ2n) is 7.54. The van der Waals surface area contributed by atoms with Crippen LogP contribution in [0.15, 0.2) is 24.3 Å². The van der Waals surface area contributed by atoms with Gasteiger partial charge in [0.05, 0.1) is 12.6 Å². The lowest BCUT2D eigenvalue weighted by Crippen LogP contribution is -2.48. The minimum Gasteiger partial charge on any atom is -0.337 e. The monoisotopic (exact) mass is 341 g/mol. The molecule has 1 aromatic rings. The van der Waals surface area contributed by atoms with Crippen molar-refractivity contribution in [1.82, 2.24) is 10.6 Å². The lowest BCUT2D eigenvalue weighted by Gasteiger charge is -2.25. The molecule has 1 atom stereocenters. The first-order chi connectivity index (χ1) is 12.0. The third-order valence-electron chi connectivity index (χ3n) is 5.08. The van der Waals surface area contributed by atoms with E-state index in [9.17, 15) is 10.1 Å². The maximum atomic E-state index is 12.3. The van der Waals surface area contributed by atoms with E-state index in [1.54, 1.807) is 0 Å². The zero-order valence-electron chi connectivity index (χ0n) is 15.8. The molecule has 2 rings (SSSR count). The standard InChI is InChI=1S/C21H31N3O/c1-4-7-17-8-10-18(11-9-17)20(16(2)3)23-14-19(25)24-21(15-22)12-5-6-13-21/h8-11,16,20,23H,4-7,12-14H2,1-3H3,(H,24,25)/t20-/m0/s1. The number of carbonyl (C=O) groups excluding carboxylic acids is 1. The van der Waals surface area contributed by atoms with Crippen LogP contribution in [-0.4, -0.2) is 18.0 Å². The number of hydrogen-bond donors (Lipinski definition) is 2. The Kier molecular flexibility index (Phi) is 7.01. The van der Waals surface area contributed by atoms with Crippen molar-refractivity contribution in [3.8, 4) is 6.07 Å². The van der Waals surface area contributed by atoms with E-state index >= 15 is 0 Å².